The zero-order valence-corrected chi connectivity index (χ0v) is 18.1. The van der Waals surface area contributed by atoms with Gasteiger partial charge in [0.15, 0.2) is 0 Å². The Labute approximate surface area is 180 Å². The van der Waals surface area contributed by atoms with Crippen LogP contribution in [-0.2, 0) is 10.2 Å². The highest BCUT2D eigenvalue weighted by Crippen LogP contribution is 2.42. The molecule has 5 atom stereocenters. The minimum atomic E-state index is -1.39. The van der Waals surface area contributed by atoms with Crippen LogP contribution in [0.2, 0.25) is 0 Å². The standard InChI is InChI=1S/C24H28O5S/c1-13-8-9-15(23-22(28)21(27)20(26)17(12-25)29-23)10-16(13)24(2,3)19-11-14-6-4-5-7-18(14)30-19/h4-11,17,20-23,25-28H,12H2,1-3H3. The maximum atomic E-state index is 10.5. The summed E-state index contributed by atoms with van der Waals surface area (Å²) < 4.78 is 7.01. The van der Waals surface area contributed by atoms with Crippen LogP contribution in [0.3, 0.4) is 0 Å². The number of hydrogen-bond donors (Lipinski definition) is 4. The molecule has 3 aromatic rings. The fourth-order valence-electron chi connectivity index (χ4n) is 4.29. The first kappa shape index (κ1) is 21.4. The topological polar surface area (TPSA) is 90.2 Å². The number of ether oxygens (including phenoxy) is 1. The highest BCUT2D eigenvalue weighted by Gasteiger charge is 2.44. The molecule has 1 saturated heterocycles. The van der Waals surface area contributed by atoms with E-state index < -0.39 is 37.1 Å². The van der Waals surface area contributed by atoms with E-state index in [1.165, 1.54) is 15.0 Å². The number of aliphatic hydroxyl groups is 4. The van der Waals surface area contributed by atoms with Gasteiger partial charge in [0.2, 0.25) is 0 Å². The van der Waals surface area contributed by atoms with E-state index in [1.54, 1.807) is 11.3 Å². The van der Waals surface area contributed by atoms with Crippen molar-refractivity contribution in [2.24, 2.45) is 0 Å². The third-order valence-corrected chi connectivity index (χ3v) is 7.64. The van der Waals surface area contributed by atoms with Gasteiger partial charge in [-0.2, -0.15) is 0 Å². The van der Waals surface area contributed by atoms with Crippen LogP contribution in [0.25, 0.3) is 10.1 Å². The van der Waals surface area contributed by atoms with Crippen molar-refractivity contribution < 1.29 is 25.2 Å². The van der Waals surface area contributed by atoms with Crippen LogP contribution in [0.5, 0.6) is 0 Å². The van der Waals surface area contributed by atoms with E-state index in [9.17, 15) is 20.4 Å². The number of aliphatic hydroxyl groups excluding tert-OH is 4. The van der Waals surface area contributed by atoms with Crippen molar-refractivity contribution in [3.8, 4) is 0 Å². The Balaban J connectivity index is 1.74. The SMILES string of the molecule is Cc1ccc(C2OC(CO)C(O)C(O)C2O)cc1C(C)(C)c1cc2ccccc2s1. The molecule has 4 rings (SSSR count). The number of fused-ring (bicyclic) bond motifs is 1. The average molecular weight is 429 g/mol. The minimum Gasteiger partial charge on any atom is -0.394 e. The Kier molecular flexibility index (Phi) is 5.74. The van der Waals surface area contributed by atoms with E-state index in [1.807, 2.05) is 30.3 Å². The van der Waals surface area contributed by atoms with Gasteiger partial charge >= 0.3 is 0 Å². The quantitative estimate of drug-likeness (QED) is 0.513. The summed E-state index contributed by atoms with van der Waals surface area (Å²) in [6.45, 7) is 5.98. The predicted octanol–water partition coefficient (Wildman–Crippen LogP) is 3.05. The number of hydrogen-bond acceptors (Lipinski definition) is 6. The monoisotopic (exact) mass is 428 g/mol. The van der Waals surface area contributed by atoms with Crippen LogP contribution in [-0.4, -0.2) is 51.4 Å². The van der Waals surface area contributed by atoms with E-state index in [-0.39, 0.29) is 5.41 Å². The fraction of sp³-hybridized carbons (Fsp3) is 0.417. The van der Waals surface area contributed by atoms with Crippen molar-refractivity contribution in [1.29, 1.82) is 0 Å². The lowest BCUT2D eigenvalue weighted by molar-refractivity contribution is -0.231. The number of thiophene rings is 1. The molecular weight excluding hydrogens is 400 g/mol. The fourth-order valence-corrected chi connectivity index (χ4v) is 5.47. The molecule has 0 radical (unpaired) electrons. The van der Waals surface area contributed by atoms with Gasteiger partial charge in [-0.1, -0.05) is 50.2 Å². The molecule has 1 aliphatic rings. The molecule has 6 heteroatoms. The lowest BCUT2D eigenvalue weighted by atomic mass is 9.79. The van der Waals surface area contributed by atoms with Crippen molar-refractivity contribution in [1.82, 2.24) is 0 Å². The van der Waals surface area contributed by atoms with E-state index in [0.717, 1.165) is 11.1 Å². The molecule has 160 valence electrons. The summed E-state index contributed by atoms with van der Waals surface area (Å²) in [7, 11) is 0. The van der Waals surface area contributed by atoms with Crippen LogP contribution in [0.4, 0.5) is 0 Å². The Morgan fingerprint density at radius 2 is 1.70 bits per heavy atom. The molecule has 2 aromatic carbocycles. The molecule has 5 unspecified atom stereocenters. The van der Waals surface area contributed by atoms with Crippen molar-refractivity contribution in [3.05, 3.63) is 70.1 Å². The second kappa shape index (κ2) is 8.04. The second-order valence-electron chi connectivity index (χ2n) is 8.60. The van der Waals surface area contributed by atoms with Gasteiger partial charge in [0, 0.05) is 15.0 Å². The molecule has 0 saturated carbocycles. The van der Waals surface area contributed by atoms with Gasteiger partial charge < -0.3 is 25.2 Å². The summed E-state index contributed by atoms with van der Waals surface area (Å²) in [6.07, 6.45) is -5.79. The number of benzene rings is 2. The molecule has 0 bridgehead atoms. The van der Waals surface area contributed by atoms with Gasteiger partial charge in [-0.3, -0.25) is 0 Å². The summed E-state index contributed by atoms with van der Waals surface area (Å²) in [5, 5.41) is 41.5. The third kappa shape index (κ3) is 3.58. The van der Waals surface area contributed by atoms with Crippen LogP contribution in [0.15, 0.2) is 48.5 Å². The maximum Gasteiger partial charge on any atom is 0.113 e. The largest absolute Gasteiger partial charge is 0.394 e. The van der Waals surface area contributed by atoms with Gasteiger partial charge in [0.25, 0.3) is 0 Å². The van der Waals surface area contributed by atoms with E-state index in [4.69, 9.17) is 4.74 Å². The van der Waals surface area contributed by atoms with Crippen LogP contribution >= 0.6 is 11.3 Å². The van der Waals surface area contributed by atoms with Gasteiger partial charge in [0.1, 0.15) is 30.5 Å². The number of aryl methyl sites for hydroxylation is 1. The highest BCUT2D eigenvalue weighted by molar-refractivity contribution is 7.19. The molecule has 1 aromatic heterocycles. The molecule has 0 amide bonds. The number of rotatable bonds is 4. The Morgan fingerprint density at radius 3 is 2.40 bits per heavy atom. The molecule has 30 heavy (non-hydrogen) atoms. The van der Waals surface area contributed by atoms with E-state index >= 15 is 0 Å². The molecular formula is C24H28O5S. The molecule has 5 nitrogen and oxygen atoms in total. The molecule has 2 heterocycles. The van der Waals surface area contributed by atoms with Gasteiger partial charge in [-0.25, -0.2) is 0 Å². The Bertz CT molecular complexity index is 1010. The normalized spacial score (nSPS) is 27.5. The molecule has 0 aliphatic carbocycles. The predicted molar refractivity (Wildman–Crippen MR) is 118 cm³/mol. The maximum absolute atomic E-state index is 10.5. The molecule has 1 aliphatic heterocycles. The lowest BCUT2D eigenvalue weighted by Gasteiger charge is -2.40. The van der Waals surface area contributed by atoms with Crippen LogP contribution < -0.4 is 0 Å². The first-order valence-electron chi connectivity index (χ1n) is 10.1. The summed E-state index contributed by atoms with van der Waals surface area (Å²) >= 11 is 1.77. The summed E-state index contributed by atoms with van der Waals surface area (Å²) in [4.78, 5) is 1.23. The third-order valence-electron chi connectivity index (χ3n) is 6.20. The first-order valence-corrected chi connectivity index (χ1v) is 11.0. The molecule has 1 fully saturated rings. The summed E-state index contributed by atoms with van der Waals surface area (Å²) in [5.41, 5.74) is 2.65. The lowest BCUT2D eigenvalue weighted by Crippen LogP contribution is -2.55. The van der Waals surface area contributed by atoms with Crippen molar-refractivity contribution in [2.45, 2.75) is 56.7 Å². The van der Waals surface area contributed by atoms with Gasteiger partial charge in [-0.05, 0) is 41.1 Å². The molecule has 4 N–H and O–H groups in total. The highest BCUT2D eigenvalue weighted by atomic mass is 32.1. The van der Waals surface area contributed by atoms with Crippen LogP contribution in [0.1, 0.15) is 41.5 Å². The summed E-state index contributed by atoms with van der Waals surface area (Å²) in [5.74, 6) is 0. The minimum absolute atomic E-state index is 0.280. The van der Waals surface area contributed by atoms with Crippen molar-refractivity contribution >= 4 is 21.4 Å². The van der Waals surface area contributed by atoms with Gasteiger partial charge in [0.05, 0.1) is 6.61 Å². The summed E-state index contributed by atoms with van der Waals surface area (Å²) in [6, 6.07) is 16.4. The van der Waals surface area contributed by atoms with E-state index in [0.29, 0.717) is 5.56 Å². The zero-order chi connectivity index (χ0) is 21.6. The van der Waals surface area contributed by atoms with E-state index in [2.05, 4.69) is 39.0 Å². The van der Waals surface area contributed by atoms with Gasteiger partial charge in [-0.15, -0.1) is 11.3 Å². The molecule has 0 spiro atoms. The zero-order valence-electron chi connectivity index (χ0n) is 17.3. The van der Waals surface area contributed by atoms with Crippen molar-refractivity contribution in [3.63, 3.8) is 0 Å². The Morgan fingerprint density at radius 1 is 0.967 bits per heavy atom. The second-order valence-corrected chi connectivity index (χ2v) is 9.68. The van der Waals surface area contributed by atoms with Crippen molar-refractivity contribution in [2.75, 3.05) is 6.61 Å². The van der Waals surface area contributed by atoms with Crippen LogP contribution in [0, 0.1) is 6.92 Å². The first-order chi connectivity index (χ1) is 14.2. The smallest absolute Gasteiger partial charge is 0.113 e. The average Bonchev–Trinajstić information content (AvgIpc) is 3.18. The Hall–Kier alpha value is -1.80.